The second kappa shape index (κ2) is 7.29. The molecule has 0 N–H and O–H groups in total. The third kappa shape index (κ3) is 3.70. The number of para-hydroxylation sites is 1. The first kappa shape index (κ1) is 16.2. The van der Waals surface area contributed by atoms with Crippen molar-refractivity contribution in [2.24, 2.45) is 0 Å². The lowest BCUT2D eigenvalue weighted by atomic mass is 10.1. The van der Waals surface area contributed by atoms with Crippen molar-refractivity contribution in [3.8, 4) is 10.4 Å². The number of piperazine rings is 1. The minimum atomic E-state index is -0.228. The Morgan fingerprint density at radius 2 is 1.76 bits per heavy atom. The van der Waals surface area contributed by atoms with Crippen molar-refractivity contribution >= 4 is 17.2 Å². The van der Waals surface area contributed by atoms with Gasteiger partial charge in [0.2, 0.25) is 0 Å². The molecule has 4 nitrogen and oxygen atoms in total. The molecule has 0 amide bonds. The van der Waals surface area contributed by atoms with Gasteiger partial charge in [-0.1, -0.05) is 34.8 Å². The molecule has 0 bridgehead atoms. The Kier molecular flexibility index (Phi) is 4.72. The summed E-state index contributed by atoms with van der Waals surface area (Å²) in [5.74, 6) is -0.228. The van der Waals surface area contributed by atoms with Crippen LogP contribution in [-0.4, -0.2) is 40.7 Å². The topological polar surface area (TPSA) is 32.3 Å². The number of aromatic nitrogens is 2. The lowest BCUT2D eigenvalue weighted by Crippen LogP contribution is -2.46. The molecule has 4 rings (SSSR count). The van der Waals surface area contributed by atoms with E-state index >= 15 is 0 Å². The van der Waals surface area contributed by atoms with Crippen LogP contribution in [-0.2, 0) is 6.54 Å². The molecule has 1 aliphatic heterocycles. The van der Waals surface area contributed by atoms with E-state index in [9.17, 15) is 4.39 Å². The maximum absolute atomic E-state index is 13.5. The predicted molar refractivity (Wildman–Crippen MR) is 99.2 cm³/mol. The molecule has 0 radical (unpaired) electrons. The molecule has 2 heterocycles. The summed E-state index contributed by atoms with van der Waals surface area (Å²) < 4.78 is 17.6. The Labute approximate surface area is 150 Å². The maximum Gasteiger partial charge on any atom is 0.123 e. The largest absolute Gasteiger partial charge is 0.369 e. The van der Waals surface area contributed by atoms with E-state index in [1.807, 2.05) is 12.1 Å². The molecule has 0 atom stereocenters. The van der Waals surface area contributed by atoms with Crippen LogP contribution in [0.2, 0.25) is 0 Å². The molecule has 1 aliphatic rings. The first-order chi connectivity index (χ1) is 12.3. The fourth-order valence-corrected chi connectivity index (χ4v) is 3.84. The summed E-state index contributed by atoms with van der Waals surface area (Å²) in [6.07, 6.45) is 0. The maximum atomic E-state index is 13.5. The lowest BCUT2D eigenvalue weighted by molar-refractivity contribution is 0.247. The van der Waals surface area contributed by atoms with Crippen LogP contribution >= 0.6 is 11.5 Å². The molecule has 1 aromatic heterocycles. The zero-order valence-electron chi connectivity index (χ0n) is 13.8. The van der Waals surface area contributed by atoms with Crippen LogP contribution in [0.25, 0.3) is 10.4 Å². The highest BCUT2D eigenvalue weighted by atomic mass is 32.1. The van der Waals surface area contributed by atoms with Crippen molar-refractivity contribution in [1.82, 2.24) is 14.5 Å². The van der Waals surface area contributed by atoms with Gasteiger partial charge in [-0.25, -0.2) is 4.39 Å². The van der Waals surface area contributed by atoms with Gasteiger partial charge in [0.25, 0.3) is 0 Å². The SMILES string of the molecule is Fc1cccc(-c2snnc2CN2CCN(c3ccccc3)CC2)c1. The Bertz CT molecular complexity index is 828. The van der Waals surface area contributed by atoms with Gasteiger partial charge in [-0.3, -0.25) is 4.90 Å². The zero-order valence-corrected chi connectivity index (χ0v) is 14.6. The Morgan fingerprint density at radius 1 is 0.960 bits per heavy atom. The van der Waals surface area contributed by atoms with E-state index in [4.69, 9.17) is 0 Å². The minimum absolute atomic E-state index is 0.228. The van der Waals surface area contributed by atoms with E-state index in [1.165, 1.54) is 23.3 Å². The van der Waals surface area contributed by atoms with Gasteiger partial charge in [0.1, 0.15) is 5.82 Å². The van der Waals surface area contributed by atoms with E-state index in [0.29, 0.717) is 0 Å². The van der Waals surface area contributed by atoms with Gasteiger partial charge in [0, 0.05) is 38.4 Å². The third-order valence-corrected chi connectivity index (χ3v) is 5.33. The van der Waals surface area contributed by atoms with Gasteiger partial charge in [-0.05, 0) is 41.4 Å². The molecular weight excluding hydrogens is 335 g/mol. The monoisotopic (exact) mass is 354 g/mol. The standard InChI is InChI=1S/C19H19FN4S/c20-16-6-4-5-15(13-16)19-18(21-22-25-19)14-23-9-11-24(12-10-23)17-7-2-1-3-8-17/h1-8,13H,9-12,14H2. The second-order valence-corrected chi connectivity index (χ2v) is 6.91. The molecular formula is C19H19FN4S. The van der Waals surface area contributed by atoms with E-state index in [1.54, 1.807) is 12.1 Å². The molecule has 6 heteroatoms. The zero-order chi connectivity index (χ0) is 17.1. The van der Waals surface area contributed by atoms with Crippen LogP contribution in [0.4, 0.5) is 10.1 Å². The van der Waals surface area contributed by atoms with E-state index in [-0.39, 0.29) is 5.82 Å². The van der Waals surface area contributed by atoms with Crippen LogP contribution in [0.15, 0.2) is 54.6 Å². The molecule has 3 aromatic rings. The third-order valence-electron chi connectivity index (χ3n) is 4.51. The van der Waals surface area contributed by atoms with Gasteiger partial charge in [0.05, 0.1) is 10.6 Å². The fraction of sp³-hybridized carbons (Fsp3) is 0.263. The fourth-order valence-electron chi connectivity index (χ4n) is 3.18. The van der Waals surface area contributed by atoms with Crippen LogP contribution in [0.3, 0.4) is 0 Å². The van der Waals surface area contributed by atoms with E-state index in [2.05, 4.69) is 43.7 Å². The number of benzene rings is 2. The second-order valence-electron chi connectivity index (χ2n) is 6.16. The molecule has 1 fully saturated rings. The summed E-state index contributed by atoms with van der Waals surface area (Å²) in [4.78, 5) is 5.76. The molecule has 0 spiro atoms. The molecule has 0 saturated carbocycles. The van der Waals surface area contributed by atoms with Crippen molar-refractivity contribution in [2.75, 3.05) is 31.1 Å². The van der Waals surface area contributed by atoms with Crippen LogP contribution in [0.1, 0.15) is 5.69 Å². The van der Waals surface area contributed by atoms with Crippen molar-refractivity contribution in [3.05, 3.63) is 66.1 Å². The van der Waals surface area contributed by atoms with E-state index < -0.39 is 0 Å². The summed E-state index contributed by atoms with van der Waals surface area (Å²) in [5.41, 5.74) is 3.06. The highest BCUT2D eigenvalue weighted by Gasteiger charge is 2.20. The number of hydrogen-bond donors (Lipinski definition) is 0. The van der Waals surface area contributed by atoms with E-state index in [0.717, 1.165) is 48.9 Å². The molecule has 0 aliphatic carbocycles. The number of rotatable bonds is 4. The highest BCUT2D eigenvalue weighted by Crippen LogP contribution is 2.28. The Balaban J connectivity index is 1.42. The van der Waals surface area contributed by atoms with Crippen molar-refractivity contribution < 1.29 is 4.39 Å². The smallest absolute Gasteiger partial charge is 0.123 e. The summed E-state index contributed by atoms with van der Waals surface area (Å²) in [6, 6.07) is 17.2. The van der Waals surface area contributed by atoms with Gasteiger partial charge in [-0.2, -0.15) is 0 Å². The van der Waals surface area contributed by atoms with Crippen molar-refractivity contribution in [3.63, 3.8) is 0 Å². The van der Waals surface area contributed by atoms with Gasteiger partial charge in [0.15, 0.2) is 0 Å². The minimum Gasteiger partial charge on any atom is -0.369 e. The average Bonchev–Trinajstić information content (AvgIpc) is 3.11. The van der Waals surface area contributed by atoms with Crippen LogP contribution in [0.5, 0.6) is 0 Å². The molecule has 128 valence electrons. The molecule has 25 heavy (non-hydrogen) atoms. The summed E-state index contributed by atoms with van der Waals surface area (Å²) in [5, 5.41) is 4.28. The predicted octanol–water partition coefficient (Wildman–Crippen LogP) is 3.67. The summed E-state index contributed by atoms with van der Waals surface area (Å²) in [7, 11) is 0. The average molecular weight is 354 g/mol. The number of hydrogen-bond acceptors (Lipinski definition) is 5. The normalized spacial score (nSPS) is 15.5. The molecule has 1 saturated heterocycles. The molecule has 0 unspecified atom stereocenters. The van der Waals surface area contributed by atoms with Gasteiger partial charge >= 0.3 is 0 Å². The summed E-state index contributed by atoms with van der Waals surface area (Å²) >= 11 is 1.33. The Morgan fingerprint density at radius 3 is 2.52 bits per heavy atom. The van der Waals surface area contributed by atoms with Gasteiger partial charge in [-0.15, -0.1) is 5.10 Å². The first-order valence-corrected chi connectivity index (χ1v) is 9.16. The van der Waals surface area contributed by atoms with Crippen LogP contribution in [0, 0.1) is 5.82 Å². The number of halogens is 1. The highest BCUT2D eigenvalue weighted by molar-refractivity contribution is 7.09. The van der Waals surface area contributed by atoms with Crippen molar-refractivity contribution in [1.29, 1.82) is 0 Å². The number of nitrogens with zero attached hydrogens (tertiary/aromatic N) is 4. The Hall–Kier alpha value is -2.31. The lowest BCUT2D eigenvalue weighted by Gasteiger charge is -2.35. The molecule has 2 aromatic carbocycles. The first-order valence-electron chi connectivity index (χ1n) is 8.39. The quantitative estimate of drug-likeness (QED) is 0.716. The van der Waals surface area contributed by atoms with Crippen LogP contribution < -0.4 is 4.90 Å². The summed E-state index contributed by atoms with van der Waals surface area (Å²) in [6.45, 7) is 4.71. The van der Waals surface area contributed by atoms with Gasteiger partial charge < -0.3 is 4.90 Å². The number of anilines is 1. The van der Waals surface area contributed by atoms with Crippen molar-refractivity contribution in [2.45, 2.75) is 6.54 Å².